The smallest absolute Gasteiger partial charge is 0.363 e. The zero-order chi connectivity index (χ0) is 22.8. The van der Waals surface area contributed by atoms with Gasteiger partial charge in [0.15, 0.2) is 0 Å². The van der Waals surface area contributed by atoms with Gasteiger partial charge < -0.3 is 19.9 Å². The Labute approximate surface area is 177 Å². The molecule has 2 aromatic rings. The zero-order valence-electron chi connectivity index (χ0n) is 16.9. The molecule has 162 valence electrons. The standard InChI is InChI=1S/C21H20F3N5O2/c1-13-11-15(21(22,23)24)14(12-25)19(26-13)27-16-7-8-29(9-10-30)18-6-4-3-5-17(18)28(2)20(16)31/h3-6,10-11,16H,7-9H2,1-2H3,(H,26,27)/t16-/m0/s1. The molecule has 1 amide bonds. The summed E-state index contributed by atoms with van der Waals surface area (Å²) in [5.74, 6) is -0.684. The maximum absolute atomic E-state index is 13.4. The molecule has 0 fully saturated rings. The number of rotatable bonds is 4. The van der Waals surface area contributed by atoms with E-state index in [4.69, 9.17) is 0 Å². The van der Waals surface area contributed by atoms with Gasteiger partial charge in [-0.25, -0.2) is 4.98 Å². The number of amides is 1. The largest absolute Gasteiger partial charge is 0.417 e. The van der Waals surface area contributed by atoms with Gasteiger partial charge >= 0.3 is 6.18 Å². The lowest BCUT2D eigenvalue weighted by Crippen LogP contribution is -2.46. The number of nitrogens with zero attached hydrogens (tertiary/aromatic N) is 4. The van der Waals surface area contributed by atoms with Gasteiger partial charge in [-0.2, -0.15) is 18.4 Å². The summed E-state index contributed by atoms with van der Waals surface area (Å²) in [7, 11) is 1.55. The highest BCUT2D eigenvalue weighted by Gasteiger charge is 2.37. The van der Waals surface area contributed by atoms with E-state index < -0.39 is 23.3 Å². The van der Waals surface area contributed by atoms with Crippen molar-refractivity contribution in [1.82, 2.24) is 4.98 Å². The van der Waals surface area contributed by atoms with Gasteiger partial charge in [-0.3, -0.25) is 4.79 Å². The SMILES string of the molecule is Cc1cc(C(F)(F)F)c(C#N)c(N[C@H]2CCN(CC=O)c3ccccc3N(C)C2=O)n1. The van der Waals surface area contributed by atoms with E-state index in [9.17, 15) is 28.0 Å². The number of nitriles is 1. The van der Waals surface area contributed by atoms with Crippen molar-refractivity contribution in [2.24, 2.45) is 0 Å². The number of carbonyl (C=O) groups is 2. The van der Waals surface area contributed by atoms with Crippen LogP contribution < -0.4 is 15.1 Å². The number of hydrogen-bond acceptors (Lipinski definition) is 6. The third-order valence-corrected chi connectivity index (χ3v) is 5.07. The first-order valence-corrected chi connectivity index (χ1v) is 9.48. The number of alkyl halides is 3. The number of nitrogens with one attached hydrogen (secondary N) is 1. The number of aryl methyl sites for hydroxylation is 1. The fraction of sp³-hybridized carbons (Fsp3) is 0.333. The normalized spacial score (nSPS) is 16.8. The van der Waals surface area contributed by atoms with Crippen LogP contribution in [0.4, 0.5) is 30.4 Å². The van der Waals surface area contributed by atoms with E-state index in [1.807, 2.05) is 0 Å². The van der Waals surface area contributed by atoms with Crippen LogP contribution >= 0.6 is 0 Å². The van der Waals surface area contributed by atoms with Crippen molar-refractivity contribution in [3.05, 3.63) is 47.2 Å². The van der Waals surface area contributed by atoms with Crippen molar-refractivity contribution in [3.8, 4) is 6.07 Å². The minimum absolute atomic E-state index is 0.0633. The highest BCUT2D eigenvalue weighted by molar-refractivity contribution is 6.01. The van der Waals surface area contributed by atoms with Crippen LogP contribution in [0.5, 0.6) is 0 Å². The lowest BCUT2D eigenvalue weighted by molar-refractivity contribution is -0.137. The number of carbonyl (C=O) groups excluding carboxylic acids is 2. The Bertz CT molecular complexity index is 1050. The van der Waals surface area contributed by atoms with Crippen LogP contribution in [0.25, 0.3) is 0 Å². The number of halogens is 3. The van der Waals surface area contributed by atoms with Crippen LogP contribution in [0.1, 0.15) is 23.2 Å². The van der Waals surface area contributed by atoms with Crippen molar-refractivity contribution in [1.29, 1.82) is 5.26 Å². The molecule has 1 N–H and O–H groups in total. The third kappa shape index (κ3) is 4.45. The highest BCUT2D eigenvalue weighted by atomic mass is 19.4. The average Bonchev–Trinajstić information content (AvgIpc) is 2.73. The molecule has 0 bridgehead atoms. The van der Waals surface area contributed by atoms with Crippen LogP contribution in [0.3, 0.4) is 0 Å². The quantitative estimate of drug-likeness (QED) is 0.749. The van der Waals surface area contributed by atoms with Gasteiger partial charge in [0.25, 0.3) is 0 Å². The maximum atomic E-state index is 13.4. The third-order valence-electron chi connectivity index (χ3n) is 5.07. The van der Waals surface area contributed by atoms with Gasteiger partial charge in [0.1, 0.15) is 29.8 Å². The van der Waals surface area contributed by atoms with Crippen molar-refractivity contribution >= 4 is 29.4 Å². The number of hydrogen-bond donors (Lipinski definition) is 1. The minimum atomic E-state index is -4.74. The zero-order valence-corrected chi connectivity index (χ0v) is 16.9. The predicted octanol–water partition coefficient (Wildman–Crippen LogP) is 3.13. The van der Waals surface area contributed by atoms with Crippen LogP contribution in [0.2, 0.25) is 0 Å². The molecule has 1 aliphatic heterocycles. The summed E-state index contributed by atoms with van der Waals surface area (Å²) in [6.07, 6.45) is -3.81. The van der Waals surface area contributed by atoms with Gasteiger partial charge in [-0.1, -0.05) is 12.1 Å². The molecule has 31 heavy (non-hydrogen) atoms. The van der Waals surface area contributed by atoms with Crippen molar-refractivity contribution in [2.75, 3.05) is 35.3 Å². The lowest BCUT2D eigenvalue weighted by Gasteiger charge is -2.35. The molecule has 0 saturated heterocycles. The summed E-state index contributed by atoms with van der Waals surface area (Å²) in [5, 5.41) is 12.1. The Balaban J connectivity index is 2.02. The summed E-state index contributed by atoms with van der Waals surface area (Å²) < 4.78 is 40.2. The number of benzene rings is 1. The molecule has 2 heterocycles. The molecule has 0 radical (unpaired) electrons. The second-order valence-electron chi connectivity index (χ2n) is 7.13. The van der Waals surface area contributed by atoms with E-state index in [2.05, 4.69) is 10.3 Å². The second kappa shape index (κ2) is 8.63. The van der Waals surface area contributed by atoms with E-state index in [-0.39, 0.29) is 30.4 Å². The number of aromatic nitrogens is 1. The molecule has 1 aromatic heterocycles. The summed E-state index contributed by atoms with van der Waals surface area (Å²) >= 11 is 0. The molecule has 1 atom stereocenters. The molecule has 0 spiro atoms. The van der Waals surface area contributed by atoms with E-state index in [1.54, 1.807) is 42.3 Å². The van der Waals surface area contributed by atoms with Gasteiger partial charge in [0.2, 0.25) is 5.91 Å². The van der Waals surface area contributed by atoms with Gasteiger partial charge in [-0.15, -0.1) is 0 Å². The maximum Gasteiger partial charge on any atom is 0.417 e. The Morgan fingerprint density at radius 1 is 1.32 bits per heavy atom. The Hall–Kier alpha value is -3.61. The fourth-order valence-electron chi connectivity index (χ4n) is 3.59. The highest BCUT2D eigenvalue weighted by Crippen LogP contribution is 2.36. The van der Waals surface area contributed by atoms with Crippen LogP contribution in [-0.4, -0.2) is 43.4 Å². The van der Waals surface area contributed by atoms with Crippen LogP contribution in [-0.2, 0) is 15.8 Å². The molecule has 7 nitrogen and oxygen atoms in total. The van der Waals surface area contributed by atoms with E-state index in [1.165, 1.54) is 11.8 Å². The second-order valence-corrected chi connectivity index (χ2v) is 7.13. The molecular formula is C21H20F3N5O2. The minimum Gasteiger partial charge on any atom is -0.363 e. The molecule has 3 rings (SSSR count). The van der Waals surface area contributed by atoms with Gasteiger partial charge in [0.05, 0.1) is 23.5 Å². The molecule has 1 aromatic carbocycles. The monoisotopic (exact) mass is 431 g/mol. The summed E-state index contributed by atoms with van der Waals surface area (Å²) in [5.41, 5.74) is -0.442. The molecule has 1 aliphatic rings. The molecule has 10 heteroatoms. The Morgan fingerprint density at radius 3 is 2.61 bits per heavy atom. The lowest BCUT2D eigenvalue weighted by atomic mass is 10.1. The van der Waals surface area contributed by atoms with Crippen LogP contribution in [0.15, 0.2) is 30.3 Å². The number of aldehydes is 1. The number of fused-ring (bicyclic) bond motifs is 1. The first-order chi connectivity index (χ1) is 14.7. The first-order valence-electron chi connectivity index (χ1n) is 9.48. The van der Waals surface area contributed by atoms with E-state index in [0.29, 0.717) is 17.9 Å². The summed E-state index contributed by atoms with van der Waals surface area (Å²) in [6.45, 7) is 1.78. The van der Waals surface area contributed by atoms with Crippen LogP contribution in [0, 0.1) is 18.3 Å². The number of likely N-dealkylation sites (N-methyl/N-ethyl adjacent to an activating group) is 1. The van der Waals surface area contributed by atoms with E-state index >= 15 is 0 Å². The fourth-order valence-corrected chi connectivity index (χ4v) is 3.59. The van der Waals surface area contributed by atoms with Crippen molar-refractivity contribution < 1.29 is 22.8 Å². The molecule has 0 aliphatic carbocycles. The predicted molar refractivity (Wildman–Crippen MR) is 109 cm³/mol. The first kappa shape index (κ1) is 22.1. The molecular weight excluding hydrogens is 411 g/mol. The summed E-state index contributed by atoms with van der Waals surface area (Å²) in [4.78, 5) is 31.5. The average molecular weight is 431 g/mol. The number of pyridine rings is 1. The topological polar surface area (TPSA) is 89.3 Å². The molecule has 0 saturated carbocycles. The van der Waals surface area contributed by atoms with E-state index in [0.717, 1.165) is 12.4 Å². The van der Waals surface area contributed by atoms with Gasteiger partial charge in [0, 0.05) is 19.3 Å². The molecule has 0 unspecified atom stereocenters. The number of para-hydroxylation sites is 2. The summed E-state index contributed by atoms with van der Waals surface area (Å²) in [6, 6.07) is 8.47. The van der Waals surface area contributed by atoms with Crippen molar-refractivity contribution in [2.45, 2.75) is 25.6 Å². The van der Waals surface area contributed by atoms with Crippen molar-refractivity contribution in [3.63, 3.8) is 0 Å². The van der Waals surface area contributed by atoms with Gasteiger partial charge in [-0.05, 0) is 31.5 Å². The Kier molecular flexibility index (Phi) is 6.15. The Morgan fingerprint density at radius 2 is 2.00 bits per heavy atom. The number of anilines is 3.